The molecule has 94 valence electrons. The van der Waals surface area contributed by atoms with E-state index >= 15 is 0 Å². The summed E-state index contributed by atoms with van der Waals surface area (Å²) in [6.45, 7) is 1.45. The first-order valence-electron chi connectivity index (χ1n) is 5.75. The first-order chi connectivity index (χ1) is 8.69. The third kappa shape index (κ3) is 3.14. The molecule has 1 heterocycles. The maximum Gasteiger partial charge on any atom is 0.224 e. The quantitative estimate of drug-likeness (QED) is 0.837. The fourth-order valence-corrected chi connectivity index (χ4v) is 2.01. The second-order valence-electron chi connectivity index (χ2n) is 4.17. The SMILES string of the molecule is N#CC1CC(=O)N(CCOc2ccc(Cl)cc2)C1. The molecule has 1 aromatic carbocycles. The summed E-state index contributed by atoms with van der Waals surface area (Å²) in [4.78, 5) is 13.2. The van der Waals surface area contributed by atoms with Crippen LogP contribution in [0.4, 0.5) is 0 Å². The van der Waals surface area contributed by atoms with Crippen LogP contribution in [0.25, 0.3) is 0 Å². The van der Waals surface area contributed by atoms with Crippen LogP contribution in [0.2, 0.25) is 5.02 Å². The molecule has 1 aliphatic rings. The molecule has 5 heteroatoms. The molecule has 0 bridgehead atoms. The molecule has 1 aliphatic heterocycles. The standard InChI is InChI=1S/C13H13ClN2O2/c14-11-1-3-12(4-2-11)18-6-5-16-9-10(8-15)7-13(16)17/h1-4,10H,5-7,9H2. The lowest BCUT2D eigenvalue weighted by Crippen LogP contribution is -2.29. The van der Waals surface area contributed by atoms with Gasteiger partial charge in [-0.2, -0.15) is 5.26 Å². The topological polar surface area (TPSA) is 53.3 Å². The van der Waals surface area contributed by atoms with E-state index in [0.29, 0.717) is 31.1 Å². The van der Waals surface area contributed by atoms with E-state index in [4.69, 9.17) is 21.6 Å². The Bertz CT molecular complexity index is 467. The number of nitrogens with zero attached hydrogens (tertiary/aromatic N) is 2. The van der Waals surface area contributed by atoms with Gasteiger partial charge in [0, 0.05) is 18.0 Å². The number of halogens is 1. The fourth-order valence-electron chi connectivity index (χ4n) is 1.88. The highest BCUT2D eigenvalue weighted by Crippen LogP contribution is 2.18. The molecule has 1 fully saturated rings. The third-order valence-electron chi connectivity index (χ3n) is 2.84. The summed E-state index contributed by atoms with van der Waals surface area (Å²) < 4.78 is 5.50. The van der Waals surface area contributed by atoms with Gasteiger partial charge in [0.1, 0.15) is 12.4 Å². The Morgan fingerprint density at radius 3 is 2.78 bits per heavy atom. The molecule has 0 aliphatic carbocycles. The summed E-state index contributed by atoms with van der Waals surface area (Å²) in [5.41, 5.74) is 0. The monoisotopic (exact) mass is 264 g/mol. The zero-order chi connectivity index (χ0) is 13.0. The molecule has 4 nitrogen and oxygen atoms in total. The molecule has 1 aromatic rings. The number of likely N-dealkylation sites (tertiary alicyclic amines) is 1. The highest BCUT2D eigenvalue weighted by Gasteiger charge is 2.28. The predicted molar refractivity (Wildman–Crippen MR) is 67.2 cm³/mol. The first-order valence-corrected chi connectivity index (χ1v) is 6.12. The lowest BCUT2D eigenvalue weighted by Gasteiger charge is -2.15. The minimum Gasteiger partial charge on any atom is -0.492 e. The first kappa shape index (κ1) is 12.7. The van der Waals surface area contributed by atoms with Crippen molar-refractivity contribution in [3.8, 4) is 11.8 Å². The van der Waals surface area contributed by atoms with Gasteiger partial charge in [-0.1, -0.05) is 11.6 Å². The Balaban J connectivity index is 1.77. The van der Waals surface area contributed by atoms with Gasteiger partial charge in [0.15, 0.2) is 0 Å². The van der Waals surface area contributed by atoms with Gasteiger partial charge in [-0.3, -0.25) is 4.79 Å². The molecule has 0 spiro atoms. The number of carbonyl (C=O) groups excluding carboxylic acids is 1. The summed E-state index contributed by atoms with van der Waals surface area (Å²) in [6, 6.07) is 9.20. The Morgan fingerprint density at radius 1 is 1.44 bits per heavy atom. The summed E-state index contributed by atoms with van der Waals surface area (Å²) in [7, 11) is 0. The molecule has 2 rings (SSSR count). The van der Waals surface area contributed by atoms with E-state index in [1.807, 2.05) is 0 Å². The van der Waals surface area contributed by atoms with Gasteiger partial charge >= 0.3 is 0 Å². The maximum atomic E-state index is 11.5. The van der Waals surface area contributed by atoms with Crippen LogP contribution < -0.4 is 4.74 Å². The van der Waals surface area contributed by atoms with Crippen LogP contribution in [-0.2, 0) is 4.79 Å². The van der Waals surface area contributed by atoms with Gasteiger partial charge in [0.25, 0.3) is 0 Å². The average molecular weight is 265 g/mol. The van der Waals surface area contributed by atoms with Crippen LogP contribution in [0.3, 0.4) is 0 Å². The van der Waals surface area contributed by atoms with Crippen molar-refractivity contribution in [1.82, 2.24) is 4.90 Å². The number of hydrogen-bond donors (Lipinski definition) is 0. The summed E-state index contributed by atoms with van der Waals surface area (Å²) >= 11 is 5.76. The molecule has 1 atom stereocenters. The second kappa shape index (κ2) is 5.74. The molecule has 0 aromatic heterocycles. The van der Waals surface area contributed by atoms with Crippen LogP contribution in [0.15, 0.2) is 24.3 Å². The van der Waals surface area contributed by atoms with Crippen LogP contribution in [0.1, 0.15) is 6.42 Å². The number of ether oxygens (including phenoxy) is 1. The van der Waals surface area contributed by atoms with Gasteiger partial charge in [0.2, 0.25) is 5.91 Å². The van der Waals surface area contributed by atoms with Gasteiger partial charge in [-0.05, 0) is 24.3 Å². The Hall–Kier alpha value is -1.73. The predicted octanol–water partition coefficient (Wildman–Crippen LogP) is 2.09. The van der Waals surface area contributed by atoms with Crippen LogP contribution >= 0.6 is 11.6 Å². The number of hydrogen-bond acceptors (Lipinski definition) is 3. The van der Waals surface area contributed by atoms with Gasteiger partial charge < -0.3 is 9.64 Å². The van der Waals surface area contributed by atoms with Gasteiger partial charge in [-0.25, -0.2) is 0 Å². The normalized spacial score (nSPS) is 18.8. The van der Waals surface area contributed by atoms with E-state index in [-0.39, 0.29) is 11.8 Å². The molecular weight excluding hydrogens is 252 g/mol. The van der Waals surface area contributed by atoms with Crippen LogP contribution in [0, 0.1) is 17.2 Å². The lowest BCUT2D eigenvalue weighted by atomic mass is 10.1. The maximum absolute atomic E-state index is 11.5. The van der Waals surface area contributed by atoms with Crippen molar-refractivity contribution in [2.75, 3.05) is 19.7 Å². The molecule has 1 amide bonds. The van der Waals surface area contributed by atoms with Crippen molar-refractivity contribution < 1.29 is 9.53 Å². The molecule has 0 saturated carbocycles. The Kier molecular flexibility index (Phi) is 4.06. The van der Waals surface area contributed by atoms with E-state index in [2.05, 4.69) is 6.07 Å². The second-order valence-corrected chi connectivity index (χ2v) is 4.61. The summed E-state index contributed by atoms with van der Waals surface area (Å²) in [5, 5.41) is 9.42. The summed E-state index contributed by atoms with van der Waals surface area (Å²) in [5.74, 6) is 0.581. The minimum absolute atomic E-state index is 0.0289. The largest absolute Gasteiger partial charge is 0.492 e. The number of carbonyl (C=O) groups is 1. The van der Waals surface area contributed by atoms with E-state index < -0.39 is 0 Å². The van der Waals surface area contributed by atoms with Crippen LogP contribution in [-0.4, -0.2) is 30.5 Å². The van der Waals surface area contributed by atoms with Crippen molar-refractivity contribution in [3.63, 3.8) is 0 Å². The zero-order valence-corrected chi connectivity index (χ0v) is 10.6. The van der Waals surface area contributed by atoms with Crippen molar-refractivity contribution in [2.24, 2.45) is 5.92 Å². The smallest absolute Gasteiger partial charge is 0.224 e. The van der Waals surface area contributed by atoms with E-state index in [1.54, 1.807) is 29.2 Å². The minimum atomic E-state index is -0.173. The highest BCUT2D eigenvalue weighted by molar-refractivity contribution is 6.30. The molecule has 18 heavy (non-hydrogen) atoms. The van der Waals surface area contributed by atoms with Gasteiger partial charge in [-0.15, -0.1) is 0 Å². The van der Waals surface area contributed by atoms with Gasteiger partial charge in [0.05, 0.1) is 18.5 Å². The zero-order valence-electron chi connectivity index (χ0n) is 9.80. The molecule has 0 N–H and O–H groups in total. The lowest BCUT2D eigenvalue weighted by molar-refractivity contribution is -0.128. The highest BCUT2D eigenvalue weighted by atomic mass is 35.5. The van der Waals surface area contributed by atoms with Crippen molar-refractivity contribution >= 4 is 17.5 Å². The summed E-state index contributed by atoms with van der Waals surface area (Å²) in [6.07, 6.45) is 0.331. The Labute approximate surface area is 111 Å². The number of amides is 1. The molecule has 1 saturated heterocycles. The van der Waals surface area contributed by atoms with Crippen molar-refractivity contribution in [3.05, 3.63) is 29.3 Å². The molecular formula is C13H13ClN2O2. The third-order valence-corrected chi connectivity index (χ3v) is 3.09. The van der Waals surface area contributed by atoms with E-state index in [0.717, 1.165) is 5.75 Å². The van der Waals surface area contributed by atoms with Crippen molar-refractivity contribution in [2.45, 2.75) is 6.42 Å². The van der Waals surface area contributed by atoms with Crippen molar-refractivity contribution in [1.29, 1.82) is 5.26 Å². The molecule has 0 radical (unpaired) electrons. The van der Waals surface area contributed by atoms with Crippen LogP contribution in [0.5, 0.6) is 5.75 Å². The number of benzene rings is 1. The fraction of sp³-hybridized carbons (Fsp3) is 0.385. The molecule has 1 unspecified atom stereocenters. The number of rotatable bonds is 4. The van der Waals surface area contributed by atoms with E-state index in [1.165, 1.54) is 0 Å². The average Bonchev–Trinajstić information content (AvgIpc) is 2.73. The van der Waals surface area contributed by atoms with E-state index in [9.17, 15) is 4.79 Å². The Morgan fingerprint density at radius 2 is 2.17 bits per heavy atom. The number of nitriles is 1.